The number of hydrogen-bond donors (Lipinski definition) is 0. The molecular weight excluding hydrogens is 174 g/mol. The Morgan fingerprint density at radius 2 is 2.14 bits per heavy atom. The first-order chi connectivity index (χ1) is 6.73. The van der Waals surface area contributed by atoms with Gasteiger partial charge in [0, 0.05) is 0 Å². The Hall–Kier alpha value is -1.66. The molecule has 2 heteroatoms. The van der Waals surface area contributed by atoms with Gasteiger partial charge in [0.2, 0.25) is 6.08 Å². The maximum absolute atomic E-state index is 10.3. The van der Waals surface area contributed by atoms with Crippen molar-refractivity contribution in [3.05, 3.63) is 48.6 Å². The van der Waals surface area contributed by atoms with Gasteiger partial charge in [-0.1, -0.05) is 36.4 Å². The lowest BCUT2D eigenvalue weighted by Crippen LogP contribution is -2.17. The Balaban J connectivity index is 3.11. The second-order valence-corrected chi connectivity index (χ2v) is 3.34. The van der Waals surface area contributed by atoms with E-state index in [0.717, 1.165) is 5.56 Å². The summed E-state index contributed by atoms with van der Waals surface area (Å²) >= 11 is 0. The second kappa shape index (κ2) is 4.54. The first-order valence-corrected chi connectivity index (χ1v) is 4.48. The number of aliphatic imine (C=N–C) groups is 1. The molecule has 0 aliphatic rings. The topological polar surface area (TPSA) is 29.4 Å². The molecule has 0 saturated heterocycles. The minimum Gasteiger partial charge on any atom is -0.211 e. The molecule has 0 N–H and O–H groups in total. The molecule has 0 aliphatic carbocycles. The molecule has 72 valence electrons. The molecule has 0 heterocycles. The van der Waals surface area contributed by atoms with Gasteiger partial charge in [-0.05, 0) is 18.9 Å². The molecule has 0 aliphatic heterocycles. The van der Waals surface area contributed by atoms with E-state index in [9.17, 15) is 4.79 Å². The quantitative estimate of drug-likeness (QED) is 0.405. The summed E-state index contributed by atoms with van der Waals surface area (Å²) in [5, 5.41) is 0. The molecule has 1 aromatic rings. The largest absolute Gasteiger partial charge is 0.235 e. The van der Waals surface area contributed by atoms with E-state index in [0.29, 0.717) is 6.42 Å². The predicted octanol–water partition coefficient (Wildman–Crippen LogP) is 2.81. The van der Waals surface area contributed by atoms with Gasteiger partial charge < -0.3 is 0 Å². The first kappa shape index (κ1) is 10.4. The predicted molar refractivity (Wildman–Crippen MR) is 56.7 cm³/mol. The smallest absolute Gasteiger partial charge is 0.211 e. The summed E-state index contributed by atoms with van der Waals surface area (Å²) < 4.78 is 0. The number of benzene rings is 1. The van der Waals surface area contributed by atoms with Crippen LogP contribution < -0.4 is 0 Å². The number of carbonyl (C=O) groups excluding carboxylic acids is 1. The van der Waals surface area contributed by atoms with Crippen LogP contribution in [0.25, 0.3) is 0 Å². The van der Waals surface area contributed by atoms with Crippen LogP contribution in [0.15, 0.2) is 48.0 Å². The van der Waals surface area contributed by atoms with Crippen LogP contribution in [0.5, 0.6) is 0 Å². The molecule has 0 aromatic heterocycles. The van der Waals surface area contributed by atoms with E-state index in [2.05, 4.69) is 11.6 Å². The summed E-state index contributed by atoms with van der Waals surface area (Å²) in [5.74, 6) is 0. The fourth-order valence-corrected chi connectivity index (χ4v) is 1.41. The van der Waals surface area contributed by atoms with Crippen molar-refractivity contribution < 1.29 is 4.79 Å². The standard InChI is InChI=1S/C12H13NO/c1-3-9-12(2,13-10-14)11-7-5-4-6-8-11/h3-8H,1,9H2,2H3. The molecule has 1 unspecified atom stereocenters. The summed E-state index contributed by atoms with van der Waals surface area (Å²) in [5.41, 5.74) is 0.480. The van der Waals surface area contributed by atoms with Crippen molar-refractivity contribution in [2.75, 3.05) is 0 Å². The molecule has 1 atom stereocenters. The maximum Gasteiger partial charge on any atom is 0.235 e. The van der Waals surface area contributed by atoms with Gasteiger partial charge in [-0.25, -0.2) is 4.79 Å². The molecule has 14 heavy (non-hydrogen) atoms. The van der Waals surface area contributed by atoms with Gasteiger partial charge >= 0.3 is 0 Å². The van der Waals surface area contributed by atoms with Crippen LogP contribution in [-0.4, -0.2) is 6.08 Å². The average Bonchev–Trinajstić information content (AvgIpc) is 2.20. The second-order valence-electron chi connectivity index (χ2n) is 3.34. The fraction of sp³-hybridized carbons (Fsp3) is 0.250. The van der Waals surface area contributed by atoms with Crippen molar-refractivity contribution in [2.24, 2.45) is 4.99 Å². The molecule has 0 bridgehead atoms. The van der Waals surface area contributed by atoms with Crippen molar-refractivity contribution in [3.8, 4) is 0 Å². The Kier molecular flexibility index (Phi) is 3.38. The summed E-state index contributed by atoms with van der Waals surface area (Å²) in [7, 11) is 0. The van der Waals surface area contributed by atoms with E-state index in [1.807, 2.05) is 37.3 Å². The summed E-state index contributed by atoms with van der Waals surface area (Å²) in [6.45, 7) is 5.56. The van der Waals surface area contributed by atoms with Crippen LogP contribution >= 0.6 is 0 Å². The number of isocyanates is 1. The summed E-state index contributed by atoms with van der Waals surface area (Å²) in [6.07, 6.45) is 4.01. The zero-order chi connectivity index (χ0) is 10.4. The van der Waals surface area contributed by atoms with Gasteiger partial charge in [0.05, 0.1) is 5.54 Å². The zero-order valence-electron chi connectivity index (χ0n) is 8.23. The van der Waals surface area contributed by atoms with Crippen LogP contribution in [0.3, 0.4) is 0 Å². The monoisotopic (exact) mass is 187 g/mol. The van der Waals surface area contributed by atoms with Crippen molar-refractivity contribution in [3.63, 3.8) is 0 Å². The highest BCUT2D eigenvalue weighted by Gasteiger charge is 2.23. The lowest BCUT2D eigenvalue weighted by Gasteiger charge is -2.21. The van der Waals surface area contributed by atoms with Gasteiger partial charge in [-0.2, -0.15) is 4.99 Å². The normalized spacial score (nSPS) is 13.8. The van der Waals surface area contributed by atoms with E-state index in [4.69, 9.17) is 0 Å². The third kappa shape index (κ3) is 2.18. The van der Waals surface area contributed by atoms with E-state index in [-0.39, 0.29) is 0 Å². The first-order valence-electron chi connectivity index (χ1n) is 4.48. The third-order valence-electron chi connectivity index (χ3n) is 2.23. The fourth-order valence-electron chi connectivity index (χ4n) is 1.41. The third-order valence-corrected chi connectivity index (χ3v) is 2.23. The number of rotatable bonds is 4. The van der Waals surface area contributed by atoms with E-state index < -0.39 is 5.54 Å². The average molecular weight is 187 g/mol. The van der Waals surface area contributed by atoms with Crippen LogP contribution in [-0.2, 0) is 10.3 Å². The SMILES string of the molecule is C=CCC(C)(N=C=O)c1ccccc1. The van der Waals surface area contributed by atoms with Gasteiger partial charge in [0.1, 0.15) is 0 Å². The molecule has 1 rings (SSSR count). The van der Waals surface area contributed by atoms with Gasteiger partial charge in [-0.3, -0.25) is 0 Å². The van der Waals surface area contributed by atoms with Crippen molar-refractivity contribution in [1.29, 1.82) is 0 Å². The van der Waals surface area contributed by atoms with Gasteiger partial charge in [-0.15, -0.1) is 6.58 Å². The Labute approximate surface area is 84.0 Å². The lowest BCUT2D eigenvalue weighted by atomic mass is 9.89. The molecule has 2 nitrogen and oxygen atoms in total. The van der Waals surface area contributed by atoms with Crippen LogP contribution in [0.4, 0.5) is 0 Å². The molecule has 1 aromatic carbocycles. The van der Waals surface area contributed by atoms with Crippen LogP contribution in [0.2, 0.25) is 0 Å². The van der Waals surface area contributed by atoms with Crippen molar-refractivity contribution in [2.45, 2.75) is 18.9 Å². The van der Waals surface area contributed by atoms with Crippen LogP contribution in [0, 0.1) is 0 Å². The highest BCUT2D eigenvalue weighted by molar-refractivity contribution is 5.38. The van der Waals surface area contributed by atoms with E-state index >= 15 is 0 Å². The summed E-state index contributed by atoms with van der Waals surface area (Å²) in [4.78, 5) is 14.2. The molecule has 0 fully saturated rings. The Morgan fingerprint density at radius 1 is 1.50 bits per heavy atom. The van der Waals surface area contributed by atoms with Crippen molar-refractivity contribution in [1.82, 2.24) is 0 Å². The van der Waals surface area contributed by atoms with Crippen molar-refractivity contribution >= 4 is 6.08 Å². The summed E-state index contributed by atoms with van der Waals surface area (Å²) in [6, 6.07) is 9.69. The zero-order valence-corrected chi connectivity index (χ0v) is 8.23. The highest BCUT2D eigenvalue weighted by atomic mass is 16.1. The molecule has 0 amide bonds. The van der Waals surface area contributed by atoms with E-state index in [1.54, 1.807) is 12.2 Å². The minimum absolute atomic E-state index is 0.523. The molecule has 0 saturated carbocycles. The number of hydrogen-bond acceptors (Lipinski definition) is 2. The van der Waals surface area contributed by atoms with E-state index in [1.165, 1.54) is 0 Å². The molecular formula is C12H13NO. The Morgan fingerprint density at radius 3 is 2.64 bits per heavy atom. The maximum atomic E-state index is 10.3. The highest BCUT2D eigenvalue weighted by Crippen LogP contribution is 2.28. The minimum atomic E-state index is -0.523. The lowest BCUT2D eigenvalue weighted by molar-refractivity contribution is 0.490. The number of nitrogens with zero attached hydrogens (tertiary/aromatic N) is 1. The Bertz CT molecular complexity index is 352. The van der Waals surface area contributed by atoms with Crippen LogP contribution in [0.1, 0.15) is 18.9 Å². The molecule has 0 radical (unpaired) electrons. The van der Waals surface area contributed by atoms with Gasteiger partial charge in [0.15, 0.2) is 0 Å². The van der Waals surface area contributed by atoms with Gasteiger partial charge in [0.25, 0.3) is 0 Å². The molecule has 0 spiro atoms.